The van der Waals surface area contributed by atoms with Crippen molar-refractivity contribution in [1.82, 2.24) is 10.3 Å². The lowest BCUT2D eigenvalue weighted by atomic mass is 9.81. The number of anilines is 1. The van der Waals surface area contributed by atoms with Crippen LogP contribution in [0.4, 0.5) is 5.82 Å². The Balaban J connectivity index is 1.44. The standard InChI is InChI=1S/C19H31N3O/c1-19(2,3)18-15(9-13-23-18)14-21-16-7-11-22(12-8-16)17-6-4-5-10-20-17/h4-6,10,15-16,18,21H,7-9,11-14H2,1-3H3/t15-,18+/m1/s1. The van der Waals surface area contributed by atoms with E-state index >= 15 is 0 Å². The molecule has 4 heteroatoms. The zero-order valence-electron chi connectivity index (χ0n) is 14.8. The predicted octanol–water partition coefficient (Wildman–Crippen LogP) is 3.09. The summed E-state index contributed by atoms with van der Waals surface area (Å²) in [6.45, 7) is 11.1. The van der Waals surface area contributed by atoms with Crippen LogP contribution in [-0.2, 0) is 4.74 Å². The summed E-state index contributed by atoms with van der Waals surface area (Å²) < 4.78 is 5.99. The van der Waals surface area contributed by atoms with Crippen molar-refractivity contribution in [2.24, 2.45) is 11.3 Å². The molecule has 2 saturated heterocycles. The Labute approximate surface area is 140 Å². The Kier molecular flexibility index (Phi) is 5.22. The lowest BCUT2D eigenvalue weighted by molar-refractivity contribution is 0.00666. The zero-order valence-corrected chi connectivity index (χ0v) is 14.8. The van der Waals surface area contributed by atoms with Crippen molar-refractivity contribution in [3.8, 4) is 0 Å². The molecule has 4 nitrogen and oxygen atoms in total. The number of piperidine rings is 1. The molecular formula is C19H31N3O. The minimum atomic E-state index is 0.241. The molecule has 0 bridgehead atoms. The average molecular weight is 317 g/mol. The van der Waals surface area contributed by atoms with E-state index in [2.05, 4.69) is 48.1 Å². The third kappa shape index (κ3) is 4.24. The summed E-state index contributed by atoms with van der Waals surface area (Å²) in [7, 11) is 0. The van der Waals surface area contributed by atoms with Crippen molar-refractivity contribution in [2.75, 3.05) is 31.1 Å². The predicted molar refractivity (Wildman–Crippen MR) is 94.8 cm³/mol. The highest BCUT2D eigenvalue weighted by Crippen LogP contribution is 2.34. The number of nitrogens with zero attached hydrogens (tertiary/aromatic N) is 2. The fraction of sp³-hybridized carbons (Fsp3) is 0.737. The molecule has 0 saturated carbocycles. The van der Waals surface area contributed by atoms with Crippen molar-refractivity contribution in [2.45, 2.75) is 52.2 Å². The highest BCUT2D eigenvalue weighted by molar-refractivity contribution is 5.38. The van der Waals surface area contributed by atoms with Gasteiger partial charge in [0.1, 0.15) is 5.82 Å². The fourth-order valence-electron chi connectivity index (χ4n) is 3.97. The average Bonchev–Trinajstić information content (AvgIpc) is 3.03. The summed E-state index contributed by atoms with van der Waals surface area (Å²) in [5, 5.41) is 3.81. The van der Waals surface area contributed by atoms with E-state index in [1.807, 2.05) is 12.3 Å². The van der Waals surface area contributed by atoms with Crippen LogP contribution in [0.3, 0.4) is 0 Å². The van der Waals surface area contributed by atoms with Gasteiger partial charge in [0.2, 0.25) is 0 Å². The Morgan fingerprint density at radius 3 is 2.65 bits per heavy atom. The molecular weight excluding hydrogens is 286 g/mol. The third-order valence-corrected chi connectivity index (χ3v) is 5.20. The first-order valence-electron chi connectivity index (χ1n) is 9.05. The van der Waals surface area contributed by atoms with Gasteiger partial charge in [0.25, 0.3) is 0 Å². The van der Waals surface area contributed by atoms with Crippen LogP contribution in [0.2, 0.25) is 0 Å². The van der Waals surface area contributed by atoms with Crippen molar-refractivity contribution in [3.05, 3.63) is 24.4 Å². The van der Waals surface area contributed by atoms with E-state index in [-0.39, 0.29) is 5.41 Å². The number of ether oxygens (including phenoxy) is 1. The van der Waals surface area contributed by atoms with Crippen LogP contribution in [0.25, 0.3) is 0 Å². The molecule has 2 fully saturated rings. The lowest BCUT2D eigenvalue weighted by Gasteiger charge is -2.35. The topological polar surface area (TPSA) is 37.4 Å². The molecule has 0 radical (unpaired) electrons. The molecule has 1 aromatic rings. The minimum Gasteiger partial charge on any atom is -0.377 e. The molecule has 3 heterocycles. The number of aromatic nitrogens is 1. The highest BCUT2D eigenvalue weighted by Gasteiger charge is 2.37. The van der Waals surface area contributed by atoms with E-state index in [9.17, 15) is 0 Å². The maximum absolute atomic E-state index is 5.99. The van der Waals surface area contributed by atoms with Gasteiger partial charge in [-0.15, -0.1) is 0 Å². The second-order valence-corrected chi connectivity index (χ2v) is 8.06. The zero-order chi connectivity index (χ0) is 16.3. The molecule has 128 valence electrons. The summed E-state index contributed by atoms with van der Waals surface area (Å²) in [5.74, 6) is 1.77. The van der Waals surface area contributed by atoms with Crippen LogP contribution >= 0.6 is 0 Å². The van der Waals surface area contributed by atoms with Gasteiger partial charge in [0, 0.05) is 44.4 Å². The van der Waals surface area contributed by atoms with E-state index in [4.69, 9.17) is 4.74 Å². The Hall–Kier alpha value is -1.13. The molecule has 0 aliphatic carbocycles. The first-order valence-corrected chi connectivity index (χ1v) is 9.05. The highest BCUT2D eigenvalue weighted by atomic mass is 16.5. The van der Waals surface area contributed by atoms with E-state index in [1.54, 1.807) is 0 Å². The quantitative estimate of drug-likeness (QED) is 0.926. The molecule has 1 aromatic heterocycles. The van der Waals surface area contributed by atoms with Crippen LogP contribution in [0, 0.1) is 11.3 Å². The molecule has 1 N–H and O–H groups in total. The molecule has 2 aliphatic rings. The number of hydrogen-bond acceptors (Lipinski definition) is 4. The van der Waals surface area contributed by atoms with E-state index < -0.39 is 0 Å². The minimum absolute atomic E-state index is 0.241. The number of rotatable bonds is 4. The number of nitrogens with one attached hydrogen (secondary N) is 1. The largest absolute Gasteiger partial charge is 0.377 e. The molecule has 2 atom stereocenters. The smallest absolute Gasteiger partial charge is 0.128 e. The van der Waals surface area contributed by atoms with Crippen molar-refractivity contribution < 1.29 is 4.74 Å². The van der Waals surface area contributed by atoms with Crippen LogP contribution in [-0.4, -0.2) is 43.4 Å². The summed E-state index contributed by atoms with van der Waals surface area (Å²) >= 11 is 0. The van der Waals surface area contributed by atoms with Crippen molar-refractivity contribution in [3.63, 3.8) is 0 Å². The van der Waals surface area contributed by atoms with Crippen molar-refractivity contribution in [1.29, 1.82) is 0 Å². The van der Waals surface area contributed by atoms with Crippen LogP contribution in [0.15, 0.2) is 24.4 Å². The van der Waals surface area contributed by atoms with E-state index in [0.717, 1.165) is 32.1 Å². The number of pyridine rings is 1. The summed E-state index contributed by atoms with van der Waals surface area (Å²) in [4.78, 5) is 6.86. The van der Waals surface area contributed by atoms with Crippen LogP contribution in [0.1, 0.15) is 40.0 Å². The van der Waals surface area contributed by atoms with Gasteiger partial charge in [0.05, 0.1) is 6.10 Å². The number of hydrogen-bond donors (Lipinski definition) is 1. The van der Waals surface area contributed by atoms with Crippen LogP contribution in [0.5, 0.6) is 0 Å². The molecule has 2 aliphatic heterocycles. The fourth-order valence-corrected chi connectivity index (χ4v) is 3.97. The second-order valence-electron chi connectivity index (χ2n) is 8.06. The Bertz CT molecular complexity index is 477. The molecule has 0 amide bonds. The maximum atomic E-state index is 5.99. The summed E-state index contributed by atoms with van der Waals surface area (Å²) in [6, 6.07) is 6.79. The molecule has 0 unspecified atom stereocenters. The summed E-state index contributed by atoms with van der Waals surface area (Å²) in [5.41, 5.74) is 0.241. The monoisotopic (exact) mass is 317 g/mol. The van der Waals surface area contributed by atoms with E-state index in [1.165, 1.54) is 19.3 Å². The van der Waals surface area contributed by atoms with Gasteiger partial charge in [-0.3, -0.25) is 0 Å². The van der Waals surface area contributed by atoms with Gasteiger partial charge in [-0.2, -0.15) is 0 Å². The molecule has 0 aromatic carbocycles. The molecule has 0 spiro atoms. The molecule has 23 heavy (non-hydrogen) atoms. The second kappa shape index (κ2) is 7.18. The van der Waals surface area contributed by atoms with Gasteiger partial charge < -0.3 is 15.0 Å². The molecule has 3 rings (SSSR count). The van der Waals surface area contributed by atoms with Gasteiger partial charge in [-0.05, 0) is 36.8 Å². The Morgan fingerprint density at radius 2 is 2.00 bits per heavy atom. The maximum Gasteiger partial charge on any atom is 0.128 e. The first kappa shape index (κ1) is 16.7. The lowest BCUT2D eigenvalue weighted by Crippen LogP contribution is -2.46. The first-order chi connectivity index (χ1) is 11.0. The normalized spacial score (nSPS) is 26.7. The van der Waals surface area contributed by atoms with Gasteiger partial charge >= 0.3 is 0 Å². The van der Waals surface area contributed by atoms with E-state index in [0.29, 0.717) is 18.1 Å². The van der Waals surface area contributed by atoms with Crippen LogP contribution < -0.4 is 10.2 Å². The summed E-state index contributed by atoms with van der Waals surface area (Å²) in [6.07, 6.45) is 5.87. The van der Waals surface area contributed by atoms with Gasteiger partial charge in [0.15, 0.2) is 0 Å². The Morgan fingerprint density at radius 1 is 1.22 bits per heavy atom. The SMILES string of the molecule is CC(C)(C)[C@H]1OCC[C@@H]1CNC1CCN(c2ccccn2)CC1. The third-order valence-electron chi connectivity index (χ3n) is 5.20. The van der Waals surface area contributed by atoms with Gasteiger partial charge in [-0.25, -0.2) is 4.98 Å². The van der Waals surface area contributed by atoms with Crippen molar-refractivity contribution >= 4 is 5.82 Å². The van der Waals surface area contributed by atoms with Gasteiger partial charge in [-0.1, -0.05) is 26.8 Å².